The van der Waals surface area contributed by atoms with E-state index in [4.69, 9.17) is 9.72 Å². The lowest BCUT2D eigenvalue weighted by atomic mass is 10.0. The van der Waals surface area contributed by atoms with Crippen molar-refractivity contribution in [2.75, 3.05) is 19.1 Å². The molecule has 1 saturated heterocycles. The first-order chi connectivity index (χ1) is 12.3. The fourth-order valence-corrected chi connectivity index (χ4v) is 3.83. The van der Waals surface area contributed by atoms with Crippen molar-refractivity contribution in [3.8, 4) is 5.75 Å². The Kier molecular flexibility index (Phi) is 4.45. The Labute approximate surface area is 148 Å². The molecule has 0 spiro atoms. The molecule has 3 aromatic rings. The van der Waals surface area contributed by atoms with E-state index in [-0.39, 0.29) is 0 Å². The normalized spacial score (nSPS) is 18.6. The number of aromatic nitrogens is 1. The summed E-state index contributed by atoms with van der Waals surface area (Å²) >= 11 is 0. The first-order valence-electron chi connectivity index (χ1n) is 9.20. The quantitative estimate of drug-likeness (QED) is 0.682. The minimum atomic E-state index is 0.585. The van der Waals surface area contributed by atoms with Crippen molar-refractivity contribution in [3.63, 3.8) is 0 Å². The van der Waals surface area contributed by atoms with Crippen molar-refractivity contribution in [3.05, 3.63) is 42.5 Å². The van der Waals surface area contributed by atoms with Crippen LogP contribution in [0.2, 0.25) is 0 Å². The van der Waals surface area contributed by atoms with Crippen molar-refractivity contribution in [2.24, 2.45) is 0 Å². The molecule has 1 atom stereocenters. The third-order valence-electron chi connectivity index (χ3n) is 5.24. The first kappa shape index (κ1) is 16.2. The lowest BCUT2D eigenvalue weighted by molar-refractivity contribution is 0.179. The van der Waals surface area contributed by atoms with Gasteiger partial charge in [0, 0.05) is 23.4 Å². The van der Waals surface area contributed by atoms with Crippen molar-refractivity contribution < 1.29 is 4.74 Å². The molecule has 0 saturated carbocycles. The van der Waals surface area contributed by atoms with Crippen LogP contribution < -0.4 is 10.2 Å². The maximum absolute atomic E-state index is 5.45. The van der Waals surface area contributed by atoms with Crippen molar-refractivity contribution in [2.45, 2.75) is 38.6 Å². The molecule has 4 heteroatoms. The van der Waals surface area contributed by atoms with Crippen LogP contribution in [0.4, 0.5) is 5.69 Å². The maximum Gasteiger partial charge on any atom is 0.119 e. The van der Waals surface area contributed by atoms with Gasteiger partial charge in [0.25, 0.3) is 0 Å². The van der Waals surface area contributed by atoms with E-state index in [0.717, 1.165) is 46.2 Å². The number of hydrogen-bond acceptors (Lipinski definition) is 4. The molecule has 1 unspecified atom stereocenters. The summed E-state index contributed by atoms with van der Waals surface area (Å²) in [5.41, 5.74) is 6.91. The fraction of sp³-hybridized carbons (Fsp3) is 0.381. The van der Waals surface area contributed by atoms with Gasteiger partial charge in [0.05, 0.1) is 23.8 Å². The Morgan fingerprint density at radius 3 is 2.80 bits per heavy atom. The summed E-state index contributed by atoms with van der Waals surface area (Å²) in [5, 5.41) is 4.69. The van der Waals surface area contributed by atoms with E-state index in [1.807, 2.05) is 18.2 Å². The molecule has 0 amide bonds. The summed E-state index contributed by atoms with van der Waals surface area (Å²) < 4.78 is 5.45. The van der Waals surface area contributed by atoms with Gasteiger partial charge in [-0.1, -0.05) is 31.5 Å². The Morgan fingerprint density at radius 1 is 1.12 bits per heavy atom. The van der Waals surface area contributed by atoms with Crippen LogP contribution >= 0.6 is 0 Å². The molecule has 1 aliphatic rings. The van der Waals surface area contributed by atoms with Gasteiger partial charge in [-0.2, -0.15) is 0 Å². The van der Waals surface area contributed by atoms with E-state index in [1.165, 1.54) is 19.3 Å². The van der Waals surface area contributed by atoms with E-state index < -0.39 is 0 Å². The lowest BCUT2D eigenvalue weighted by Crippen LogP contribution is -2.43. The number of nitrogens with one attached hydrogen (secondary N) is 1. The maximum atomic E-state index is 5.45. The molecule has 25 heavy (non-hydrogen) atoms. The Hall–Kier alpha value is -2.33. The van der Waals surface area contributed by atoms with E-state index in [0.29, 0.717) is 6.04 Å². The summed E-state index contributed by atoms with van der Waals surface area (Å²) in [6, 6.07) is 15.0. The molecule has 1 N–H and O–H groups in total. The SMILES string of the molecule is CCC1CCCCN1Nc1c2ccccc2nc2ccc(OC)cc12. The Morgan fingerprint density at radius 2 is 1.96 bits per heavy atom. The molecule has 0 aliphatic carbocycles. The van der Waals surface area contributed by atoms with Gasteiger partial charge in [-0.3, -0.25) is 0 Å². The molecule has 0 radical (unpaired) electrons. The fourth-order valence-electron chi connectivity index (χ4n) is 3.83. The number of ether oxygens (including phenoxy) is 1. The second kappa shape index (κ2) is 6.89. The number of methoxy groups -OCH3 is 1. The van der Waals surface area contributed by atoms with Crippen LogP contribution in [0.1, 0.15) is 32.6 Å². The van der Waals surface area contributed by atoms with Gasteiger partial charge < -0.3 is 10.2 Å². The number of anilines is 1. The van der Waals surface area contributed by atoms with Crippen LogP contribution in [0.25, 0.3) is 21.8 Å². The summed E-state index contributed by atoms with van der Waals surface area (Å²) in [4.78, 5) is 4.83. The van der Waals surface area contributed by atoms with Gasteiger partial charge in [-0.05, 0) is 43.5 Å². The highest BCUT2D eigenvalue weighted by Gasteiger charge is 2.22. The summed E-state index contributed by atoms with van der Waals surface area (Å²) in [6.07, 6.45) is 4.99. The number of pyridine rings is 1. The molecule has 4 rings (SSSR count). The third-order valence-corrected chi connectivity index (χ3v) is 5.24. The van der Waals surface area contributed by atoms with Crippen LogP contribution in [-0.4, -0.2) is 29.7 Å². The minimum Gasteiger partial charge on any atom is -0.497 e. The molecule has 130 valence electrons. The number of benzene rings is 2. The summed E-state index contributed by atoms with van der Waals surface area (Å²) in [6.45, 7) is 3.36. The molecule has 4 nitrogen and oxygen atoms in total. The molecule has 1 aliphatic heterocycles. The van der Waals surface area contributed by atoms with E-state index in [1.54, 1.807) is 7.11 Å². The van der Waals surface area contributed by atoms with Crippen LogP contribution in [-0.2, 0) is 0 Å². The second-order valence-corrected chi connectivity index (χ2v) is 6.75. The van der Waals surface area contributed by atoms with Crippen molar-refractivity contribution in [1.29, 1.82) is 0 Å². The van der Waals surface area contributed by atoms with Gasteiger partial charge in [0.1, 0.15) is 5.75 Å². The van der Waals surface area contributed by atoms with Crippen molar-refractivity contribution >= 4 is 27.5 Å². The molecular formula is C21H25N3O. The zero-order chi connectivity index (χ0) is 17.2. The van der Waals surface area contributed by atoms with E-state index in [9.17, 15) is 0 Å². The standard InChI is InChI=1S/C21H25N3O/c1-3-15-8-6-7-13-24(15)23-21-17-9-4-5-10-19(17)22-20-12-11-16(25-2)14-18(20)21/h4-5,9-12,14-15H,3,6-8,13H2,1-2H3,(H,22,23). The molecule has 2 heterocycles. The van der Waals surface area contributed by atoms with Crippen LogP contribution in [0.5, 0.6) is 5.75 Å². The van der Waals surface area contributed by atoms with E-state index in [2.05, 4.69) is 41.6 Å². The van der Waals surface area contributed by atoms with Gasteiger partial charge >= 0.3 is 0 Å². The number of para-hydroxylation sites is 1. The molecule has 0 bridgehead atoms. The number of nitrogens with zero attached hydrogens (tertiary/aromatic N) is 2. The van der Waals surface area contributed by atoms with Crippen LogP contribution in [0, 0.1) is 0 Å². The van der Waals surface area contributed by atoms with Gasteiger partial charge in [-0.15, -0.1) is 0 Å². The Bertz CT molecular complexity index is 893. The number of rotatable bonds is 4. The average molecular weight is 335 g/mol. The number of fused-ring (bicyclic) bond motifs is 2. The smallest absolute Gasteiger partial charge is 0.119 e. The molecular weight excluding hydrogens is 310 g/mol. The molecule has 2 aromatic carbocycles. The molecule has 1 aromatic heterocycles. The third kappa shape index (κ3) is 3.02. The second-order valence-electron chi connectivity index (χ2n) is 6.75. The first-order valence-corrected chi connectivity index (χ1v) is 9.20. The predicted molar refractivity (Wildman–Crippen MR) is 104 cm³/mol. The number of hydrogen-bond donors (Lipinski definition) is 1. The number of hydrazine groups is 1. The molecule has 1 fully saturated rings. The highest BCUT2D eigenvalue weighted by molar-refractivity contribution is 6.07. The lowest BCUT2D eigenvalue weighted by Gasteiger charge is -2.36. The Balaban J connectivity index is 1.88. The predicted octanol–water partition coefficient (Wildman–Crippen LogP) is 4.99. The summed E-state index contributed by atoms with van der Waals surface area (Å²) in [5.74, 6) is 0.860. The van der Waals surface area contributed by atoms with Crippen molar-refractivity contribution in [1.82, 2.24) is 9.99 Å². The highest BCUT2D eigenvalue weighted by atomic mass is 16.5. The van der Waals surface area contributed by atoms with Gasteiger partial charge in [-0.25, -0.2) is 9.99 Å². The average Bonchev–Trinajstić information content (AvgIpc) is 2.68. The van der Waals surface area contributed by atoms with Crippen LogP contribution in [0.3, 0.4) is 0 Å². The zero-order valence-corrected chi connectivity index (χ0v) is 15.0. The van der Waals surface area contributed by atoms with E-state index >= 15 is 0 Å². The minimum absolute atomic E-state index is 0.585. The number of piperidine rings is 1. The largest absolute Gasteiger partial charge is 0.497 e. The topological polar surface area (TPSA) is 37.4 Å². The van der Waals surface area contributed by atoms with Crippen LogP contribution in [0.15, 0.2) is 42.5 Å². The van der Waals surface area contributed by atoms with Gasteiger partial charge in [0.2, 0.25) is 0 Å². The summed E-state index contributed by atoms with van der Waals surface area (Å²) in [7, 11) is 1.71. The van der Waals surface area contributed by atoms with Gasteiger partial charge in [0.15, 0.2) is 0 Å². The highest BCUT2D eigenvalue weighted by Crippen LogP contribution is 2.34. The monoisotopic (exact) mass is 335 g/mol. The zero-order valence-electron chi connectivity index (χ0n) is 15.0.